The quantitative estimate of drug-likeness (QED) is 0.424. The topological polar surface area (TPSA) is 80.9 Å². The second-order valence-electron chi connectivity index (χ2n) is 8.08. The van der Waals surface area contributed by atoms with E-state index in [1.165, 1.54) is 0 Å². The third-order valence-electron chi connectivity index (χ3n) is 0. The zero-order chi connectivity index (χ0) is 21.5. The molecule has 0 saturated carbocycles. The van der Waals surface area contributed by atoms with Gasteiger partial charge in [-0.05, 0) is 52.4 Å². The lowest BCUT2D eigenvalue weighted by Gasteiger charge is -2.01. The smallest absolute Gasteiger partial charge is 0.166 e. The average Bonchev–Trinajstić information content (AvgIpc) is 2.09. The normalized spacial score (nSPS) is 9.25. The van der Waals surface area contributed by atoms with Crippen molar-refractivity contribution >= 4 is 53.8 Å². The first kappa shape index (κ1) is 40.0. The molecule has 0 radical (unpaired) electrons. The van der Waals surface area contributed by atoms with Gasteiger partial charge in [-0.2, -0.15) is 0 Å². The van der Waals surface area contributed by atoms with Crippen LogP contribution in [0.2, 0.25) is 91.7 Å². The third-order valence-corrected chi connectivity index (χ3v) is 0. The second-order valence-corrected chi connectivity index (χ2v) is 24.2. The molecule has 0 aliphatic heterocycles. The molecule has 0 atom stereocenters. The minimum absolute atomic E-state index is 0.417. The fourth-order valence-electron chi connectivity index (χ4n) is 0. The number of rotatable bonds is 0. The van der Waals surface area contributed by atoms with Crippen molar-refractivity contribution in [3.05, 3.63) is 0 Å². The van der Waals surface area contributed by atoms with Gasteiger partial charge in [0.15, 0.2) is 36.2 Å². The lowest BCUT2D eigenvalue weighted by atomic mass is 11.8. The summed E-state index contributed by atoms with van der Waals surface area (Å²) in [6.07, 6.45) is 0. The van der Waals surface area contributed by atoms with E-state index < -0.39 is 44.2 Å². The molecular formula is C14H52O4Si6. The largest absolute Gasteiger partial charge is 0.435 e. The molecular weight excluding hydrogens is 401 g/mol. The molecule has 0 aliphatic carbocycles. The highest BCUT2D eigenvalue weighted by molar-refractivity contribution is 6.74. The lowest BCUT2D eigenvalue weighted by molar-refractivity contribution is 0.586. The van der Waals surface area contributed by atoms with E-state index in [9.17, 15) is 0 Å². The van der Waals surface area contributed by atoms with E-state index in [1.807, 2.05) is 52.4 Å². The van der Waals surface area contributed by atoms with E-state index in [-0.39, 0.29) is 0 Å². The monoisotopic (exact) mass is 452 g/mol. The van der Waals surface area contributed by atoms with Gasteiger partial charge in [0, 0.05) is 17.6 Å². The molecule has 0 saturated heterocycles. The highest BCUT2D eigenvalue weighted by atomic mass is 28.3. The third kappa shape index (κ3) is 8710. The van der Waals surface area contributed by atoms with Gasteiger partial charge in [0.2, 0.25) is 0 Å². The van der Waals surface area contributed by atoms with Crippen LogP contribution in [0.5, 0.6) is 0 Å². The molecule has 156 valence electrons. The second kappa shape index (κ2) is 31.9. The first-order valence-electron chi connectivity index (χ1n) is 9.07. The van der Waals surface area contributed by atoms with E-state index in [0.717, 1.165) is 0 Å². The maximum atomic E-state index is 8.19. The summed E-state index contributed by atoms with van der Waals surface area (Å²) in [5.41, 5.74) is 0. The van der Waals surface area contributed by atoms with Crippen LogP contribution in [-0.4, -0.2) is 72.9 Å². The summed E-state index contributed by atoms with van der Waals surface area (Å²) in [7, 11) is -4.75. The van der Waals surface area contributed by atoms with Gasteiger partial charge in [-0.25, -0.2) is 0 Å². The molecule has 0 bridgehead atoms. The van der Waals surface area contributed by atoms with Crippen molar-refractivity contribution in [3.63, 3.8) is 0 Å². The molecule has 4 nitrogen and oxygen atoms in total. The van der Waals surface area contributed by atoms with Gasteiger partial charge in [-0.1, -0.05) is 39.3 Å². The van der Waals surface area contributed by atoms with Gasteiger partial charge in [0.25, 0.3) is 0 Å². The van der Waals surface area contributed by atoms with Gasteiger partial charge in [0.1, 0.15) is 0 Å². The highest BCUT2D eigenvalue weighted by Gasteiger charge is 1.99. The summed E-state index contributed by atoms with van der Waals surface area (Å²) in [5.74, 6) is 0. The summed E-state index contributed by atoms with van der Waals surface area (Å²) in [6, 6.07) is 0. The van der Waals surface area contributed by atoms with Crippen LogP contribution in [0.15, 0.2) is 0 Å². The Labute approximate surface area is 164 Å². The highest BCUT2D eigenvalue weighted by Crippen LogP contribution is 1.94. The molecule has 0 aromatic rings. The molecule has 4 N–H and O–H groups in total. The van der Waals surface area contributed by atoms with Crippen molar-refractivity contribution in [2.24, 2.45) is 0 Å². The average molecular weight is 453 g/mol. The Bertz CT molecular complexity index is 136. The van der Waals surface area contributed by atoms with Crippen LogP contribution in [-0.2, 0) is 0 Å². The summed E-state index contributed by atoms with van der Waals surface area (Å²) in [4.78, 5) is 32.8. The zero-order valence-electron chi connectivity index (χ0n) is 19.3. The van der Waals surface area contributed by atoms with E-state index in [4.69, 9.17) is 19.2 Å². The Morgan fingerprint density at radius 2 is 0.500 bits per heavy atom. The van der Waals surface area contributed by atoms with E-state index in [0.29, 0.717) is 9.52 Å². The van der Waals surface area contributed by atoms with Crippen LogP contribution in [0.4, 0.5) is 0 Å². The molecule has 24 heavy (non-hydrogen) atoms. The van der Waals surface area contributed by atoms with Crippen LogP contribution in [0.25, 0.3) is 0 Å². The van der Waals surface area contributed by atoms with Gasteiger partial charge in [0.05, 0.1) is 0 Å². The van der Waals surface area contributed by atoms with Crippen molar-refractivity contribution < 1.29 is 19.2 Å². The number of hydrogen-bond donors (Lipinski definition) is 4. The number of hydrogen-bond acceptors (Lipinski definition) is 4. The van der Waals surface area contributed by atoms with E-state index in [2.05, 4.69) is 39.3 Å². The molecule has 10 heteroatoms. The predicted molar refractivity (Wildman–Crippen MR) is 134 cm³/mol. The van der Waals surface area contributed by atoms with Crippen molar-refractivity contribution in [1.82, 2.24) is 0 Å². The minimum atomic E-state index is -1.14. The van der Waals surface area contributed by atoms with Crippen LogP contribution < -0.4 is 0 Å². The zero-order valence-corrected chi connectivity index (χ0v) is 26.3. The van der Waals surface area contributed by atoms with Crippen LogP contribution in [0.1, 0.15) is 0 Å². The Morgan fingerprint density at radius 1 is 0.500 bits per heavy atom. The van der Waals surface area contributed by atoms with Crippen molar-refractivity contribution in [3.8, 4) is 0 Å². The van der Waals surface area contributed by atoms with Crippen LogP contribution in [0.3, 0.4) is 0 Å². The first-order valence-corrected chi connectivity index (χ1v) is 27.2. The summed E-state index contributed by atoms with van der Waals surface area (Å²) in [6.45, 7) is 28.7. The molecule has 0 spiro atoms. The van der Waals surface area contributed by atoms with Gasteiger partial charge in [-0.3, -0.25) is 0 Å². The maximum Gasteiger partial charge on any atom is 0.166 e. The Morgan fingerprint density at radius 3 is 0.500 bits per heavy atom. The Hall–Kier alpha value is 1.14. The first-order chi connectivity index (χ1) is 10.3. The molecule has 0 amide bonds. The Balaban J connectivity index is -0.0000000408. The van der Waals surface area contributed by atoms with Crippen LogP contribution >= 0.6 is 0 Å². The standard InChI is InChI=1S/C4H12Si.4C2H8OSi.C2H8Si/c1-5(2,3)4;4*1-4(2)3;1-3-2/h1-4H3;4*3-4H,1-2H3;3H2,1-2H3. The van der Waals surface area contributed by atoms with Gasteiger partial charge < -0.3 is 19.2 Å². The fourth-order valence-corrected chi connectivity index (χ4v) is 0. The van der Waals surface area contributed by atoms with Gasteiger partial charge >= 0.3 is 0 Å². The summed E-state index contributed by atoms with van der Waals surface area (Å²) >= 11 is 0. The molecule has 0 heterocycles. The van der Waals surface area contributed by atoms with E-state index >= 15 is 0 Å². The maximum absolute atomic E-state index is 8.19. The van der Waals surface area contributed by atoms with E-state index in [1.54, 1.807) is 0 Å². The fraction of sp³-hybridized carbons (Fsp3) is 1.00. The van der Waals surface area contributed by atoms with Crippen molar-refractivity contribution in [1.29, 1.82) is 0 Å². The molecule has 0 unspecified atom stereocenters. The summed E-state index contributed by atoms with van der Waals surface area (Å²) < 4.78 is 0. The SMILES string of the molecule is C[SiH2]C.C[SiH](C)O.C[SiH](C)O.C[SiH](C)O.C[SiH](C)O.C[Si](C)(C)C. The van der Waals surface area contributed by atoms with Crippen LogP contribution in [0, 0.1) is 0 Å². The van der Waals surface area contributed by atoms with Gasteiger partial charge in [-0.15, -0.1) is 0 Å². The van der Waals surface area contributed by atoms with Crippen molar-refractivity contribution in [2.45, 2.75) is 91.7 Å². The van der Waals surface area contributed by atoms with Crippen molar-refractivity contribution in [2.75, 3.05) is 0 Å². The minimum Gasteiger partial charge on any atom is -0.435 e. The Kier molecular flexibility index (Phi) is 53.1. The predicted octanol–water partition coefficient (Wildman–Crippen LogP) is 2.05. The summed E-state index contributed by atoms with van der Waals surface area (Å²) in [5, 5.41) is 0. The molecule has 0 aromatic heterocycles. The molecule has 0 rings (SSSR count). The lowest BCUT2D eigenvalue weighted by Crippen LogP contribution is -2.10. The molecule has 0 aromatic carbocycles. The molecule has 0 aliphatic rings. The molecule has 0 fully saturated rings.